The lowest BCUT2D eigenvalue weighted by Gasteiger charge is -2.07. The van der Waals surface area contributed by atoms with E-state index in [1.807, 2.05) is 54.6 Å². The summed E-state index contributed by atoms with van der Waals surface area (Å²) in [5, 5.41) is 0. The van der Waals surface area contributed by atoms with Gasteiger partial charge in [0.05, 0.1) is 13.2 Å². The van der Waals surface area contributed by atoms with Gasteiger partial charge in [-0.05, 0) is 23.3 Å². The summed E-state index contributed by atoms with van der Waals surface area (Å²) in [6.45, 7) is 2.30. The second-order valence-corrected chi connectivity index (χ2v) is 4.23. The van der Waals surface area contributed by atoms with Crippen LogP contribution in [0.5, 0.6) is 5.75 Å². The van der Waals surface area contributed by atoms with Crippen LogP contribution in [0.1, 0.15) is 11.1 Å². The maximum Gasteiger partial charge on any atom is 0.119 e. The molecule has 0 atom stereocenters. The second-order valence-electron chi connectivity index (χ2n) is 4.23. The molecule has 0 bridgehead atoms. The van der Waals surface area contributed by atoms with Crippen LogP contribution in [0.4, 0.5) is 0 Å². The minimum atomic E-state index is 0.550. The molecule has 2 N–H and O–H groups in total. The molecule has 0 aliphatic rings. The molecule has 0 fully saturated rings. The zero-order valence-corrected chi connectivity index (χ0v) is 10.9. The lowest BCUT2D eigenvalue weighted by Crippen LogP contribution is -2.06. The summed E-state index contributed by atoms with van der Waals surface area (Å²) in [5.74, 6) is 0.848. The quantitative estimate of drug-likeness (QED) is 0.776. The molecule has 0 aliphatic heterocycles. The maximum absolute atomic E-state index is 5.58. The number of hydrogen-bond donors (Lipinski definition) is 1. The standard InChI is InChI=1S/C16H19NO2/c17-12-14-6-8-16(9-7-14)19-11-10-18-13-15-4-2-1-3-5-15/h1-9H,10-13,17H2. The third-order valence-corrected chi connectivity index (χ3v) is 2.77. The summed E-state index contributed by atoms with van der Waals surface area (Å²) in [4.78, 5) is 0. The average molecular weight is 257 g/mol. The Balaban J connectivity index is 1.63. The third-order valence-electron chi connectivity index (χ3n) is 2.77. The SMILES string of the molecule is NCc1ccc(OCCOCc2ccccc2)cc1. The molecule has 100 valence electrons. The zero-order valence-electron chi connectivity index (χ0n) is 10.9. The van der Waals surface area contributed by atoms with E-state index in [1.54, 1.807) is 0 Å². The lowest BCUT2D eigenvalue weighted by atomic mass is 10.2. The Hall–Kier alpha value is -1.84. The third kappa shape index (κ3) is 4.73. The van der Waals surface area contributed by atoms with Crippen LogP contribution in [0.2, 0.25) is 0 Å². The van der Waals surface area contributed by atoms with E-state index in [4.69, 9.17) is 15.2 Å². The monoisotopic (exact) mass is 257 g/mol. The molecule has 19 heavy (non-hydrogen) atoms. The van der Waals surface area contributed by atoms with E-state index in [0.717, 1.165) is 11.3 Å². The first kappa shape index (κ1) is 13.6. The van der Waals surface area contributed by atoms with Crippen molar-refractivity contribution < 1.29 is 9.47 Å². The van der Waals surface area contributed by atoms with Gasteiger partial charge in [-0.15, -0.1) is 0 Å². The molecule has 0 heterocycles. The van der Waals surface area contributed by atoms with E-state index in [2.05, 4.69) is 0 Å². The van der Waals surface area contributed by atoms with Crippen LogP contribution in [-0.2, 0) is 17.9 Å². The predicted octanol–water partition coefficient (Wildman–Crippen LogP) is 2.74. The van der Waals surface area contributed by atoms with Crippen LogP contribution in [0.15, 0.2) is 54.6 Å². The molecule has 3 nitrogen and oxygen atoms in total. The van der Waals surface area contributed by atoms with Crippen LogP contribution >= 0.6 is 0 Å². The summed E-state index contributed by atoms with van der Waals surface area (Å²) in [6.07, 6.45) is 0. The molecule has 2 rings (SSSR count). The van der Waals surface area contributed by atoms with E-state index in [0.29, 0.717) is 26.4 Å². The largest absolute Gasteiger partial charge is 0.491 e. The topological polar surface area (TPSA) is 44.5 Å². The van der Waals surface area contributed by atoms with Gasteiger partial charge in [-0.3, -0.25) is 0 Å². The van der Waals surface area contributed by atoms with Crippen LogP contribution in [-0.4, -0.2) is 13.2 Å². The van der Waals surface area contributed by atoms with Gasteiger partial charge in [0.1, 0.15) is 12.4 Å². The van der Waals surface area contributed by atoms with E-state index in [-0.39, 0.29) is 0 Å². The highest BCUT2D eigenvalue weighted by molar-refractivity contribution is 5.27. The normalized spacial score (nSPS) is 10.4. The molecule has 0 radical (unpaired) electrons. The molecule has 0 spiro atoms. The Morgan fingerprint density at radius 1 is 0.789 bits per heavy atom. The first-order valence-electron chi connectivity index (χ1n) is 6.42. The van der Waals surface area contributed by atoms with E-state index >= 15 is 0 Å². The van der Waals surface area contributed by atoms with Crippen molar-refractivity contribution in [3.63, 3.8) is 0 Å². The highest BCUT2D eigenvalue weighted by Crippen LogP contribution is 2.11. The second kappa shape index (κ2) is 7.56. The van der Waals surface area contributed by atoms with Crippen molar-refractivity contribution in [2.24, 2.45) is 5.73 Å². The first-order valence-corrected chi connectivity index (χ1v) is 6.42. The van der Waals surface area contributed by atoms with Gasteiger partial charge in [-0.1, -0.05) is 42.5 Å². The Morgan fingerprint density at radius 3 is 2.21 bits per heavy atom. The van der Waals surface area contributed by atoms with Crippen molar-refractivity contribution >= 4 is 0 Å². The molecular weight excluding hydrogens is 238 g/mol. The molecule has 0 saturated carbocycles. The van der Waals surface area contributed by atoms with Crippen molar-refractivity contribution in [1.82, 2.24) is 0 Å². The van der Waals surface area contributed by atoms with Crippen molar-refractivity contribution in [2.45, 2.75) is 13.2 Å². The summed E-state index contributed by atoms with van der Waals surface area (Å²) in [6, 6.07) is 17.9. The van der Waals surface area contributed by atoms with Crippen molar-refractivity contribution in [3.8, 4) is 5.75 Å². The molecule has 2 aromatic carbocycles. The minimum Gasteiger partial charge on any atom is -0.491 e. The van der Waals surface area contributed by atoms with Gasteiger partial charge >= 0.3 is 0 Å². The molecule has 0 aromatic heterocycles. The summed E-state index contributed by atoms with van der Waals surface area (Å²) < 4.78 is 11.1. The number of nitrogens with two attached hydrogens (primary N) is 1. The van der Waals surface area contributed by atoms with Crippen molar-refractivity contribution in [3.05, 3.63) is 65.7 Å². The molecule has 0 saturated heterocycles. The fourth-order valence-electron chi connectivity index (χ4n) is 1.70. The first-order chi connectivity index (χ1) is 9.38. The smallest absolute Gasteiger partial charge is 0.119 e. The Kier molecular flexibility index (Phi) is 5.41. The van der Waals surface area contributed by atoms with Gasteiger partial charge < -0.3 is 15.2 Å². The van der Waals surface area contributed by atoms with Crippen LogP contribution in [0, 0.1) is 0 Å². The Bertz CT molecular complexity index is 468. The molecular formula is C16H19NO2. The van der Waals surface area contributed by atoms with Gasteiger partial charge in [0.2, 0.25) is 0 Å². The van der Waals surface area contributed by atoms with Gasteiger partial charge in [-0.25, -0.2) is 0 Å². The van der Waals surface area contributed by atoms with Crippen molar-refractivity contribution in [2.75, 3.05) is 13.2 Å². The number of rotatable bonds is 7. The van der Waals surface area contributed by atoms with Gasteiger partial charge in [0.15, 0.2) is 0 Å². The summed E-state index contributed by atoms with van der Waals surface area (Å²) >= 11 is 0. The molecule has 0 amide bonds. The van der Waals surface area contributed by atoms with Crippen molar-refractivity contribution in [1.29, 1.82) is 0 Å². The van der Waals surface area contributed by atoms with Gasteiger partial charge in [0, 0.05) is 6.54 Å². The van der Waals surface area contributed by atoms with E-state index in [1.165, 1.54) is 5.56 Å². The van der Waals surface area contributed by atoms with Gasteiger partial charge in [0.25, 0.3) is 0 Å². The minimum absolute atomic E-state index is 0.550. The predicted molar refractivity (Wildman–Crippen MR) is 75.9 cm³/mol. The molecule has 0 aliphatic carbocycles. The fourth-order valence-corrected chi connectivity index (χ4v) is 1.70. The summed E-state index contributed by atoms with van der Waals surface area (Å²) in [5.41, 5.74) is 7.81. The van der Waals surface area contributed by atoms with Crippen LogP contribution < -0.4 is 10.5 Å². The lowest BCUT2D eigenvalue weighted by molar-refractivity contribution is 0.0889. The van der Waals surface area contributed by atoms with Gasteiger partial charge in [-0.2, -0.15) is 0 Å². The number of ether oxygens (including phenoxy) is 2. The van der Waals surface area contributed by atoms with Crippen LogP contribution in [0.25, 0.3) is 0 Å². The number of benzene rings is 2. The number of hydrogen-bond acceptors (Lipinski definition) is 3. The Labute approximate surface area is 114 Å². The molecule has 0 unspecified atom stereocenters. The zero-order chi connectivity index (χ0) is 13.3. The highest BCUT2D eigenvalue weighted by Gasteiger charge is 1.95. The molecule has 2 aromatic rings. The average Bonchev–Trinajstić information content (AvgIpc) is 2.49. The molecule has 3 heteroatoms. The highest BCUT2D eigenvalue weighted by atomic mass is 16.5. The van der Waals surface area contributed by atoms with E-state index < -0.39 is 0 Å². The summed E-state index contributed by atoms with van der Waals surface area (Å²) in [7, 11) is 0. The maximum atomic E-state index is 5.58. The fraction of sp³-hybridized carbons (Fsp3) is 0.250. The Morgan fingerprint density at radius 2 is 1.53 bits per heavy atom. The van der Waals surface area contributed by atoms with E-state index in [9.17, 15) is 0 Å². The van der Waals surface area contributed by atoms with Crippen LogP contribution in [0.3, 0.4) is 0 Å².